The molecule has 0 spiro atoms. The quantitative estimate of drug-likeness (QED) is 0.890. The lowest BCUT2D eigenvalue weighted by Gasteiger charge is -2.15. The van der Waals surface area contributed by atoms with Crippen molar-refractivity contribution in [2.24, 2.45) is 7.05 Å². The summed E-state index contributed by atoms with van der Waals surface area (Å²) in [6.45, 7) is 6.30. The third-order valence-electron chi connectivity index (χ3n) is 3.93. The van der Waals surface area contributed by atoms with Crippen molar-refractivity contribution in [3.8, 4) is 0 Å². The monoisotopic (exact) mass is 318 g/mol. The van der Waals surface area contributed by atoms with Crippen LogP contribution < -0.4 is 10.6 Å². The zero-order chi connectivity index (χ0) is 17.0. The number of halogens is 1. The molecule has 2 aromatic rings. The molecule has 2 amide bonds. The highest BCUT2D eigenvalue weighted by atomic mass is 19.1. The molecule has 0 bridgehead atoms. The van der Waals surface area contributed by atoms with Crippen LogP contribution in [0.1, 0.15) is 35.5 Å². The second-order valence-electron chi connectivity index (χ2n) is 5.71. The number of amides is 2. The van der Waals surface area contributed by atoms with Gasteiger partial charge in [0.1, 0.15) is 5.82 Å². The molecule has 1 unspecified atom stereocenters. The van der Waals surface area contributed by atoms with Crippen LogP contribution in [0.5, 0.6) is 0 Å². The summed E-state index contributed by atoms with van der Waals surface area (Å²) in [5.41, 5.74) is 3.85. The Morgan fingerprint density at radius 3 is 2.74 bits per heavy atom. The fraction of sp³-hybridized carbons (Fsp3) is 0.412. The smallest absolute Gasteiger partial charge is 0.315 e. The molecule has 1 heterocycles. The number of carbonyl (C=O) groups is 1. The van der Waals surface area contributed by atoms with Gasteiger partial charge in [0.15, 0.2) is 0 Å². The van der Waals surface area contributed by atoms with Gasteiger partial charge in [0.25, 0.3) is 0 Å². The van der Waals surface area contributed by atoms with Gasteiger partial charge in [-0.15, -0.1) is 0 Å². The van der Waals surface area contributed by atoms with E-state index in [0.717, 1.165) is 22.5 Å². The highest BCUT2D eigenvalue weighted by Crippen LogP contribution is 2.20. The molecule has 2 rings (SSSR count). The minimum atomic E-state index is -0.261. The van der Waals surface area contributed by atoms with E-state index in [1.165, 1.54) is 12.1 Å². The average molecular weight is 318 g/mol. The molecule has 0 saturated carbocycles. The summed E-state index contributed by atoms with van der Waals surface area (Å²) in [7, 11) is 1.89. The Kier molecular flexibility index (Phi) is 5.36. The van der Waals surface area contributed by atoms with Crippen molar-refractivity contribution in [1.82, 2.24) is 20.4 Å². The highest BCUT2D eigenvalue weighted by Gasteiger charge is 2.17. The number of hydrogen-bond acceptors (Lipinski definition) is 2. The first kappa shape index (κ1) is 17.0. The van der Waals surface area contributed by atoms with E-state index in [1.54, 1.807) is 6.07 Å². The van der Waals surface area contributed by atoms with Crippen molar-refractivity contribution < 1.29 is 9.18 Å². The summed E-state index contributed by atoms with van der Waals surface area (Å²) >= 11 is 0. The Labute approximate surface area is 135 Å². The van der Waals surface area contributed by atoms with Crippen molar-refractivity contribution in [1.29, 1.82) is 0 Å². The predicted molar refractivity (Wildman–Crippen MR) is 87.7 cm³/mol. The first-order valence-corrected chi connectivity index (χ1v) is 7.67. The molecule has 0 radical (unpaired) electrons. The number of rotatable bonds is 5. The first-order chi connectivity index (χ1) is 10.9. The van der Waals surface area contributed by atoms with E-state index in [9.17, 15) is 9.18 Å². The van der Waals surface area contributed by atoms with Crippen molar-refractivity contribution >= 4 is 6.03 Å². The number of aromatic nitrogens is 2. The molecule has 2 N–H and O–H groups in total. The fourth-order valence-corrected chi connectivity index (χ4v) is 2.75. The first-order valence-electron chi connectivity index (χ1n) is 7.67. The molecule has 0 saturated heterocycles. The van der Waals surface area contributed by atoms with Gasteiger partial charge in [0.05, 0.1) is 11.7 Å². The van der Waals surface area contributed by atoms with Crippen LogP contribution in [0.25, 0.3) is 0 Å². The molecule has 0 fully saturated rings. The average Bonchev–Trinajstić information content (AvgIpc) is 2.72. The molecule has 23 heavy (non-hydrogen) atoms. The van der Waals surface area contributed by atoms with Gasteiger partial charge in [-0.05, 0) is 44.9 Å². The predicted octanol–water partition coefficient (Wildman–Crippen LogP) is 2.78. The second-order valence-corrected chi connectivity index (χ2v) is 5.71. The largest absolute Gasteiger partial charge is 0.338 e. The minimum absolute atomic E-state index is 0.127. The van der Waals surface area contributed by atoms with E-state index < -0.39 is 0 Å². The van der Waals surface area contributed by atoms with Crippen molar-refractivity contribution in [3.05, 3.63) is 52.6 Å². The summed E-state index contributed by atoms with van der Waals surface area (Å²) in [6, 6.07) is 6.03. The molecular formula is C17H23FN4O. The van der Waals surface area contributed by atoms with Crippen LogP contribution >= 0.6 is 0 Å². The van der Waals surface area contributed by atoms with Crippen molar-refractivity contribution in [2.75, 3.05) is 6.54 Å². The Hall–Kier alpha value is -2.37. The van der Waals surface area contributed by atoms with Gasteiger partial charge < -0.3 is 10.6 Å². The number of nitrogens with one attached hydrogen (secondary N) is 2. The lowest BCUT2D eigenvalue weighted by Crippen LogP contribution is -2.38. The van der Waals surface area contributed by atoms with Gasteiger partial charge in [0, 0.05) is 24.8 Å². The lowest BCUT2D eigenvalue weighted by molar-refractivity contribution is 0.238. The standard InChI is InChI=1S/C17H23FN4O/c1-11(16-12(2)21-22(4)13(16)3)20-17(23)19-9-8-14-6-5-7-15(18)10-14/h5-7,10-11H,8-9H2,1-4H3,(H2,19,20,23). The zero-order valence-electron chi connectivity index (χ0n) is 14.0. The minimum Gasteiger partial charge on any atom is -0.338 e. The normalized spacial score (nSPS) is 12.0. The molecule has 6 heteroatoms. The van der Waals surface area contributed by atoms with Gasteiger partial charge in [-0.25, -0.2) is 9.18 Å². The molecular weight excluding hydrogens is 295 g/mol. The molecule has 0 aliphatic carbocycles. The Morgan fingerprint density at radius 2 is 2.13 bits per heavy atom. The Morgan fingerprint density at radius 1 is 1.39 bits per heavy atom. The number of carbonyl (C=O) groups excluding carboxylic acids is 1. The van der Waals surface area contributed by atoms with E-state index >= 15 is 0 Å². The number of nitrogens with zero attached hydrogens (tertiary/aromatic N) is 2. The lowest BCUT2D eigenvalue weighted by atomic mass is 10.1. The van der Waals surface area contributed by atoms with Crippen LogP contribution in [-0.4, -0.2) is 22.4 Å². The second kappa shape index (κ2) is 7.26. The third kappa shape index (κ3) is 4.31. The van der Waals surface area contributed by atoms with Gasteiger partial charge >= 0.3 is 6.03 Å². The maximum absolute atomic E-state index is 13.1. The SMILES string of the molecule is Cc1nn(C)c(C)c1C(C)NC(=O)NCCc1cccc(F)c1. The highest BCUT2D eigenvalue weighted by molar-refractivity contribution is 5.74. The molecule has 124 valence electrons. The van der Waals surface area contributed by atoms with Gasteiger partial charge in [0.2, 0.25) is 0 Å². The number of hydrogen-bond donors (Lipinski definition) is 2. The van der Waals surface area contributed by atoms with E-state index in [-0.39, 0.29) is 17.9 Å². The van der Waals surface area contributed by atoms with Crippen molar-refractivity contribution in [3.63, 3.8) is 0 Å². The molecule has 0 aliphatic heterocycles. The van der Waals surface area contributed by atoms with E-state index in [2.05, 4.69) is 15.7 Å². The molecule has 1 atom stereocenters. The van der Waals surface area contributed by atoms with Crippen LogP contribution in [0.2, 0.25) is 0 Å². The van der Waals surface area contributed by atoms with Gasteiger partial charge in [-0.2, -0.15) is 5.10 Å². The van der Waals surface area contributed by atoms with Gasteiger partial charge in [-0.3, -0.25) is 4.68 Å². The van der Waals surface area contributed by atoms with Crippen LogP contribution in [0, 0.1) is 19.7 Å². The summed E-state index contributed by atoms with van der Waals surface area (Å²) in [5.74, 6) is -0.261. The van der Waals surface area contributed by atoms with Gasteiger partial charge in [-0.1, -0.05) is 12.1 Å². The molecule has 5 nitrogen and oxygen atoms in total. The van der Waals surface area contributed by atoms with E-state index in [4.69, 9.17) is 0 Å². The van der Waals surface area contributed by atoms with E-state index in [0.29, 0.717) is 13.0 Å². The molecule has 1 aromatic carbocycles. The van der Waals surface area contributed by atoms with Crippen LogP contribution in [0.4, 0.5) is 9.18 Å². The number of aryl methyl sites for hydroxylation is 2. The van der Waals surface area contributed by atoms with Crippen LogP contribution in [0.15, 0.2) is 24.3 Å². The maximum Gasteiger partial charge on any atom is 0.315 e. The summed E-state index contributed by atoms with van der Waals surface area (Å²) < 4.78 is 14.9. The van der Waals surface area contributed by atoms with Crippen LogP contribution in [0.3, 0.4) is 0 Å². The maximum atomic E-state index is 13.1. The van der Waals surface area contributed by atoms with Crippen LogP contribution in [-0.2, 0) is 13.5 Å². The topological polar surface area (TPSA) is 59.0 Å². The van der Waals surface area contributed by atoms with E-state index in [1.807, 2.05) is 38.6 Å². The summed E-state index contributed by atoms with van der Waals surface area (Å²) in [4.78, 5) is 12.0. The van der Waals surface area contributed by atoms with Crippen molar-refractivity contribution in [2.45, 2.75) is 33.2 Å². The molecule has 1 aromatic heterocycles. The molecule has 0 aliphatic rings. The number of urea groups is 1. The number of benzene rings is 1. The third-order valence-corrected chi connectivity index (χ3v) is 3.93. The summed E-state index contributed by atoms with van der Waals surface area (Å²) in [6.07, 6.45) is 0.588. The Bertz CT molecular complexity index is 696. The zero-order valence-corrected chi connectivity index (χ0v) is 14.0. The Balaban J connectivity index is 1.85. The fourth-order valence-electron chi connectivity index (χ4n) is 2.75. The summed E-state index contributed by atoms with van der Waals surface area (Å²) in [5, 5.41) is 10.1.